The quantitative estimate of drug-likeness (QED) is 0.416. The number of fused-ring (bicyclic) bond motifs is 3. The standard InChI is InChI=1S/C27H27FN4O4/c1-36-23-8-5-21(6-9-23)30-11-12-31-25-10-7-22(32(34)35)14-19(25)15-24(26(31)17-30)27(33)29-16-18-3-2-4-20(28)13-18/h2-10,13-14,24,26H,11-12,15-17H2,1H3,(H,29,33)/t24-,26+/m1/s1. The van der Waals surface area contributed by atoms with Gasteiger partial charge in [-0.1, -0.05) is 12.1 Å². The van der Waals surface area contributed by atoms with Gasteiger partial charge in [-0.25, -0.2) is 4.39 Å². The van der Waals surface area contributed by atoms with Crippen molar-refractivity contribution in [1.29, 1.82) is 0 Å². The van der Waals surface area contributed by atoms with E-state index in [4.69, 9.17) is 4.74 Å². The monoisotopic (exact) mass is 490 g/mol. The van der Waals surface area contributed by atoms with Crippen molar-refractivity contribution in [2.75, 3.05) is 36.5 Å². The Hall–Kier alpha value is -4.14. The van der Waals surface area contributed by atoms with Gasteiger partial charge in [0.1, 0.15) is 11.6 Å². The summed E-state index contributed by atoms with van der Waals surface area (Å²) in [5, 5.41) is 14.3. The number of nitro benzene ring substituents is 1. The molecule has 1 saturated heterocycles. The number of ether oxygens (including phenoxy) is 1. The van der Waals surface area contributed by atoms with Crippen LogP contribution in [0.4, 0.5) is 21.5 Å². The summed E-state index contributed by atoms with van der Waals surface area (Å²) in [6, 6.07) is 18.8. The Morgan fingerprint density at radius 1 is 1.14 bits per heavy atom. The molecule has 2 heterocycles. The Kier molecular flexibility index (Phi) is 6.45. The van der Waals surface area contributed by atoms with E-state index < -0.39 is 10.8 Å². The smallest absolute Gasteiger partial charge is 0.269 e. The number of rotatable bonds is 6. The number of nitrogens with one attached hydrogen (secondary N) is 1. The van der Waals surface area contributed by atoms with Gasteiger partial charge in [-0.2, -0.15) is 0 Å². The van der Waals surface area contributed by atoms with Crippen LogP contribution in [0.5, 0.6) is 5.75 Å². The first-order chi connectivity index (χ1) is 17.4. The Labute approximate surface area is 208 Å². The van der Waals surface area contributed by atoms with Gasteiger partial charge in [-0.15, -0.1) is 0 Å². The second-order valence-electron chi connectivity index (χ2n) is 9.13. The number of amides is 1. The number of hydrogen-bond donors (Lipinski definition) is 1. The molecule has 0 bridgehead atoms. The first-order valence-electron chi connectivity index (χ1n) is 11.9. The molecule has 0 radical (unpaired) electrons. The zero-order chi connectivity index (χ0) is 25.2. The maximum Gasteiger partial charge on any atom is 0.269 e. The summed E-state index contributed by atoms with van der Waals surface area (Å²) in [4.78, 5) is 28.9. The minimum atomic E-state index is -0.422. The van der Waals surface area contributed by atoms with E-state index in [0.29, 0.717) is 25.1 Å². The summed E-state index contributed by atoms with van der Waals surface area (Å²) in [6.07, 6.45) is 0.392. The third kappa shape index (κ3) is 4.68. The molecule has 2 aliphatic rings. The van der Waals surface area contributed by atoms with E-state index in [2.05, 4.69) is 15.1 Å². The topological polar surface area (TPSA) is 87.9 Å². The normalized spacial score (nSPS) is 18.7. The fourth-order valence-corrected chi connectivity index (χ4v) is 5.22. The zero-order valence-electron chi connectivity index (χ0n) is 19.9. The lowest BCUT2D eigenvalue weighted by Gasteiger charge is -2.49. The Morgan fingerprint density at radius 2 is 1.94 bits per heavy atom. The van der Waals surface area contributed by atoms with E-state index in [0.717, 1.165) is 29.2 Å². The van der Waals surface area contributed by atoms with E-state index in [1.165, 1.54) is 18.2 Å². The van der Waals surface area contributed by atoms with Crippen molar-refractivity contribution in [3.8, 4) is 5.75 Å². The first kappa shape index (κ1) is 23.6. The maximum atomic E-state index is 13.6. The lowest BCUT2D eigenvalue weighted by atomic mass is 9.83. The second-order valence-corrected chi connectivity index (χ2v) is 9.13. The molecule has 1 fully saturated rings. The van der Waals surface area contributed by atoms with Gasteiger partial charge in [0.15, 0.2) is 0 Å². The van der Waals surface area contributed by atoms with Gasteiger partial charge < -0.3 is 19.9 Å². The molecule has 0 aromatic heterocycles. The van der Waals surface area contributed by atoms with Crippen molar-refractivity contribution in [2.24, 2.45) is 5.92 Å². The van der Waals surface area contributed by atoms with Crippen LogP contribution in [0.1, 0.15) is 11.1 Å². The predicted octanol–water partition coefficient (Wildman–Crippen LogP) is 3.93. The molecule has 186 valence electrons. The van der Waals surface area contributed by atoms with Gasteiger partial charge in [0, 0.05) is 49.7 Å². The molecular formula is C27H27FN4O4. The number of anilines is 2. The molecule has 3 aromatic rings. The van der Waals surface area contributed by atoms with Gasteiger partial charge >= 0.3 is 0 Å². The highest BCUT2D eigenvalue weighted by Crippen LogP contribution is 2.38. The van der Waals surface area contributed by atoms with Crippen LogP contribution >= 0.6 is 0 Å². The molecule has 5 rings (SSSR count). The Balaban J connectivity index is 1.42. The summed E-state index contributed by atoms with van der Waals surface area (Å²) >= 11 is 0. The van der Waals surface area contributed by atoms with Crippen molar-refractivity contribution in [1.82, 2.24) is 5.32 Å². The lowest BCUT2D eigenvalue weighted by molar-refractivity contribution is -0.384. The Morgan fingerprint density at radius 3 is 2.67 bits per heavy atom. The highest BCUT2D eigenvalue weighted by atomic mass is 19.1. The molecule has 0 spiro atoms. The van der Waals surface area contributed by atoms with Crippen molar-refractivity contribution >= 4 is 23.0 Å². The van der Waals surface area contributed by atoms with Crippen LogP contribution in [-0.2, 0) is 17.8 Å². The molecule has 8 nitrogen and oxygen atoms in total. The van der Waals surface area contributed by atoms with Crippen LogP contribution < -0.4 is 19.9 Å². The minimum Gasteiger partial charge on any atom is -0.497 e. The summed E-state index contributed by atoms with van der Waals surface area (Å²) in [7, 11) is 1.63. The van der Waals surface area contributed by atoms with Crippen LogP contribution in [0.15, 0.2) is 66.7 Å². The summed E-state index contributed by atoms with van der Waals surface area (Å²) in [5.74, 6) is -0.147. The number of benzene rings is 3. The van der Waals surface area contributed by atoms with Crippen molar-refractivity contribution < 1.29 is 18.8 Å². The fraction of sp³-hybridized carbons (Fsp3) is 0.296. The van der Waals surface area contributed by atoms with E-state index in [1.807, 2.05) is 24.3 Å². The molecule has 1 amide bonds. The molecule has 0 unspecified atom stereocenters. The Bertz CT molecular complexity index is 1280. The van der Waals surface area contributed by atoms with E-state index in [1.54, 1.807) is 31.4 Å². The van der Waals surface area contributed by atoms with Crippen LogP contribution in [0.25, 0.3) is 0 Å². The summed E-state index contributed by atoms with van der Waals surface area (Å²) in [5.41, 5.74) is 3.47. The fourth-order valence-electron chi connectivity index (χ4n) is 5.22. The number of non-ortho nitro benzene ring substituents is 1. The number of nitrogens with zero attached hydrogens (tertiary/aromatic N) is 3. The summed E-state index contributed by atoms with van der Waals surface area (Å²) in [6.45, 7) is 2.26. The summed E-state index contributed by atoms with van der Waals surface area (Å²) < 4.78 is 18.9. The maximum absolute atomic E-state index is 13.6. The number of carbonyl (C=O) groups is 1. The van der Waals surface area contributed by atoms with Gasteiger partial charge in [0.25, 0.3) is 5.69 Å². The number of piperazine rings is 1. The first-order valence-corrected chi connectivity index (χ1v) is 11.9. The molecule has 0 aliphatic carbocycles. The number of carbonyl (C=O) groups excluding carboxylic acids is 1. The van der Waals surface area contributed by atoms with E-state index in [9.17, 15) is 19.3 Å². The van der Waals surface area contributed by atoms with Crippen LogP contribution in [0.3, 0.4) is 0 Å². The van der Waals surface area contributed by atoms with Crippen LogP contribution in [-0.4, -0.2) is 43.6 Å². The number of methoxy groups -OCH3 is 1. The third-order valence-corrected chi connectivity index (χ3v) is 7.04. The van der Waals surface area contributed by atoms with Gasteiger partial charge in [0.2, 0.25) is 5.91 Å². The number of hydrogen-bond acceptors (Lipinski definition) is 6. The van der Waals surface area contributed by atoms with E-state index >= 15 is 0 Å². The molecular weight excluding hydrogens is 463 g/mol. The van der Waals surface area contributed by atoms with Gasteiger partial charge in [-0.3, -0.25) is 14.9 Å². The van der Waals surface area contributed by atoms with Crippen molar-refractivity contribution in [3.63, 3.8) is 0 Å². The van der Waals surface area contributed by atoms with Gasteiger partial charge in [-0.05, 0) is 60.0 Å². The van der Waals surface area contributed by atoms with Gasteiger partial charge in [0.05, 0.1) is 24.0 Å². The highest BCUT2D eigenvalue weighted by molar-refractivity contribution is 5.82. The second kappa shape index (κ2) is 9.85. The molecule has 3 aromatic carbocycles. The molecule has 2 atom stereocenters. The van der Waals surface area contributed by atoms with E-state index in [-0.39, 0.29) is 30.0 Å². The SMILES string of the molecule is COc1ccc(N2CCN3c4ccc([N+](=O)[O-])cc4C[C@@H](C(=O)NCc4cccc(F)c4)[C@@H]3C2)cc1. The minimum absolute atomic E-state index is 0.0167. The van der Waals surface area contributed by atoms with Crippen LogP contribution in [0, 0.1) is 21.8 Å². The highest BCUT2D eigenvalue weighted by Gasteiger charge is 2.42. The average molecular weight is 491 g/mol. The van der Waals surface area contributed by atoms with Crippen molar-refractivity contribution in [2.45, 2.75) is 19.0 Å². The largest absolute Gasteiger partial charge is 0.497 e. The lowest BCUT2D eigenvalue weighted by Crippen LogP contribution is -2.61. The zero-order valence-corrected chi connectivity index (χ0v) is 19.9. The van der Waals surface area contributed by atoms with Crippen LogP contribution in [0.2, 0.25) is 0 Å². The molecule has 9 heteroatoms. The number of nitro groups is 1. The van der Waals surface area contributed by atoms with Crippen molar-refractivity contribution in [3.05, 3.63) is 93.8 Å². The molecule has 1 N–H and O–H groups in total. The number of halogens is 1. The predicted molar refractivity (Wildman–Crippen MR) is 135 cm³/mol. The molecule has 0 saturated carbocycles. The molecule has 36 heavy (non-hydrogen) atoms. The third-order valence-electron chi connectivity index (χ3n) is 7.04. The average Bonchev–Trinajstić information content (AvgIpc) is 2.90. The molecule has 2 aliphatic heterocycles.